The van der Waals surface area contributed by atoms with Crippen LogP contribution in [0.4, 0.5) is 0 Å². The van der Waals surface area contributed by atoms with Crippen molar-refractivity contribution in [2.24, 2.45) is 0 Å². The summed E-state index contributed by atoms with van der Waals surface area (Å²) in [6.07, 6.45) is 3.29. The summed E-state index contributed by atoms with van der Waals surface area (Å²) in [5.41, 5.74) is 0. The van der Waals surface area contributed by atoms with Gasteiger partial charge in [0.2, 0.25) is 10.0 Å². The summed E-state index contributed by atoms with van der Waals surface area (Å²) in [6, 6.07) is 0.501. The van der Waals surface area contributed by atoms with E-state index < -0.39 is 10.0 Å². The Bertz CT molecular complexity index is 344. The van der Waals surface area contributed by atoms with Gasteiger partial charge in [-0.2, -0.15) is 0 Å². The Labute approximate surface area is 117 Å². The Morgan fingerprint density at radius 2 is 2.05 bits per heavy atom. The van der Waals surface area contributed by atoms with Crippen molar-refractivity contribution < 1.29 is 13.2 Å². The Morgan fingerprint density at radius 3 is 2.68 bits per heavy atom. The van der Waals surface area contributed by atoms with Gasteiger partial charge >= 0.3 is 0 Å². The lowest BCUT2D eigenvalue weighted by Gasteiger charge is -2.27. The summed E-state index contributed by atoms with van der Waals surface area (Å²) < 4.78 is 32.1. The second-order valence-electron chi connectivity index (χ2n) is 5.66. The van der Waals surface area contributed by atoms with E-state index in [1.54, 1.807) is 0 Å². The summed E-state index contributed by atoms with van der Waals surface area (Å²) in [6.45, 7) is 7.68. The molecule has 0 aromatic heterocycles. The lowest BCUT2D eigenvalue weighted by Crippen LogP contribution is -2.42. The predicted octanol–water partition coefficient (Wildman–Crippen LogP) is 1.25. The van der Waals surface area contributed by atoms with Crippen LogP contribution in [-0.2, 0) is 14.8 Å². The third-order valence-electron chi connectivity index (χ3n) is 3.22. The van der Waals surface area contributed by atoms with Crippen LogP contribution in [0.1, 0.15) is 46.5 Å². The van der Waals surface area contributed by atoms with E-state index in [9.17, 15) is 8.42 Å². The number of unbranched alkanes of at least 4 members (excludes halogenated alkanes) is 1. The molecule has 0 amide bonds. The molecule has 0 bridgehead atoms. The molecule has 1 aliphatic rings. The molecule has 1 rings (SSSR count). The van der Waals surface area contributed by atoms with Gasteiger partial charge in [0.1, 0.15) is 0 Å². The van der Waals surface area contributed by atoms with Crippen LogP contribution in [0, 0.1) is 0 Å². The maximum atomic E-state index is 11.9. The number of nitrogens with one attached hydrogen (secondary N) is 2. The standard InChI is InChI=1S/C13H28N2O3S/c1-11(2)14-7-4-5-9-19(16,17)15-13-6-8-18-12(3)10-13/h11-15H,4-10H2,1-3H3. The van der Waals surface area contributed by atoms with E-state index in [0.29, 0.717) is 19.1 Å². The van der Waals surface area contributed by atoms with Crippen molar-refractivity contribution in [3.05, 3.63) is 0 Å². The fraction of sp³-hybridized carbons (Fsp3) is 1.00. The zero-order valence-corrected chi connectivity index (χ0v) is 13.1. The Hall–Kier alpha value is -0.170. The van der Waals surface area contributed by atoms with Gasteiger partial charge in [0, 0.05) is 18.7 Å². The molecular formula is C13H28N2O3S. The molecule has 19 heavy (non-hydrogen) atoms. The first-order chi connectivity index (χ1) is 8.89. The van der Waals surface area contributed by atoms with Crippen LogP contribution in [0.5, 0.6) is 0 Å². The Kier molecular flexibility index (Phi) is 7.28. The van der Waals surface area contributed by atoms with Crippen molar-refractivity contribution >= 4 is 10.0 Å². The molecule has 2 N–H and O–H groups in total. The van der Waals surface area contributed by atoms with Gasteiger partial charge < -0.3 is 10.1 Å². The van der Waals surface area contributed by atoms with Crippen molar-refractivity contribution in [3.63, 3.8) is 0 Å². The highest BCUT2D eigenvalue weighted by atomic mass is 32.2. The number of rotatable bonds is 8. The molecular weight excluding hydrogens is 264 g/mol. The smallest absolute Gasteiger partial charge is 0.211 e. The quantitative estimate of drug-likeness (QED) is 0.661. The topological polar surface area (TPSA) is 67.4 Å². The summed E-state index contributed by atoms with van der Waals surface area (Å²) in [7, 11) is -3.14. The highest BCUT2D eigenvalue weighted by Gasteiger charge is 2.23. The van der Waals surface area contributed by atoms with Crippen molar-refractivity contribution in [3.8, 4) is 0 Å². The number of ether oxygens (including phenoxy) is 1. The molecule has 0 spiro atoms. The molecule has 2 unspecified atom stereocenters. The molecule has 6 heteroatoms. The molecule has 5 nitrogen and oxygen atoms in total. The van der Waals surface area contributed by atoms with E-state index in [0.717, 1.165) is 25.8 Å². The van der Waals surface area contributed by atoms with Crippen LogP contribution >= 0.6 is 0 Å². The average molecular weight is 292 g/mol. The van der Waals surface area contributed by atoms with E-state index in [1.165, 1.54) is 0 Å². The molecule has 0 aromatic carbocycles. The molecule has 1 saturated heterocycles. The van der Waals surface area contributed by atoms with Crippen molar-refractivity contribution in [2.75, 3.05) is 18.9 Å². The van der Waals surface area contributed by atoms with Gasteiger partial charge in [-0.25, -0.2) is 13.1 Å². The largest absolute Gasteiger partial charge is 0.378 e. The fourth-order valence-corrected chi connectivity index (χ4v) is 3.65. The van der Waals surface area contributed by atoms with Gasteiger partial charge in [-0.3, -0.25) is 0 Å². The molecule has 2 atom stereocenters. The maximum Gasteiger partial charge on any atom is 0.211 e. The molecule has 1 aliphatic heterocycles. The van der Waals surface area contributed by atoms with Gasteiger partial charge in [0.25, 0.3) is 0 Å². The average Bonchev–Trinajstić information content (AvgIpc) is 2.27. The highest BCUT2D eigenvalue weighted by molar-refractivity contribution is 7.89. The molecule has 114 valence electrons. The van der Waals surface area contributed by atoms with Gasteiger partial charge in [-0.1, -0.05) is 13.8 Å². The first-order valence-corrected chi connectivity index (χ1v) is 8.89. The molecule has 0 aliphatic carbocycles. The fourth-order valence-electron chi connectivity index (χ4n) is 2.23. The van der Waals surface area contributed by atoms with Gasteiger partial charge in [0.05, 0.1) is 11.9 Å². The van der Waals surface area contributed by atoms with E-state index >= 15 is 0 Å². The van der Waals surface area contributed by atoms with Crippen LogP contribution in [-0.4, -0.2) is 45.5 Å². The maximum absolute atomic E-state index is 11.9. The van der Waals surface area contributed by atoms with Crippen LogP contribution in [0.25, 0.3) is 0 Å². The second kappa shape index (κ2) is 8.19. The SMILES string of the molecule is CC(C)NCCCCS(=O)(=O)NC1CCOC(C)C1. The van der Waals surface area contributed by atoms with Crippen molar-refractivity contribution in [1.29, 1.82) is 0 Å². The molecule has 0 aromatic rings. The second-order valence-corrected chi connectivity index (χ2v) is 7.53. The Morgan fingerprint density at radius 1 is 1.32 bits per heavy atom. The van der Waals surface area contributed by atoms with E-state index in [2.05, 4.69) is 23.9 Å². The van der Waals surface area contributed by atoms with Crippen molar-refractivity contribution in [2.45, 2.75) is 64.6 Å². The van der Waals surface area contributed by atoms with E-state index in [1.807, 2.05) is 6.92 Å². The minimum atomic E-state index is -3.14. The molecule has 1 fully saturated rings. The zero-order chi connectivity index (χ0) is 14.3. The van der Waals surface area contributed by atoms with E-state index in [4.69, 9.17) is 4.74 Å². The summed E-state index contributed by atoms with van der Waals surface area (Å²) in [4.78, 5) is 0. The summed E-state index contributed by atoms with van der Waals surface area (Å²) >= 11 is 0. The molecule has 1 heterocycles. The molecule has 0 radical (unpaired) electrons. The lowest BCUT2D eigenvalue weighted by atomic mass is 10.1. The van der Waals surface area contributed by atoms with Gasteiger partial charge in [-0.05, 0) is 39.2 Å². The minimum Gasteiger partial charge on any atom is -0.378 e. The van der Waals surface area contributed by atoms with Crippen LogP contribution < -0.4 is 10.0 Å². The number of hydrogen-bond acceptors (Lipinski definition) is 4. The van der Waals surface area contributed by atoms with Crippen LogP contribution in [0.3, 0.4) is 0 Å². The lowest BCUT2D eigenvalue weighted by molar-refractivity contribution is 0.0173. The third-order valence-corrected chi connectivity index (χ3v) is 4.74. The first kappa shape index (κ1) is 16.9. The summed E-state index contributed by atoms with van der Waals surface area (Å²) in [5, 5.41) is 3.29. The van der Waals surface area contributed by atoms with Crippen LogP contribution in [0.2, 0.25) is 0 Å². The third kappa shape index (κ3) is 7.87. The Balaban J connectivity index is 2.20. The minimum absolute atomic E-state index is 0.0440. The van der Waals surface area contributed by atoms with E-state index in [-0.39, 0.29) is 17.9 Å². The summed E-state index contributed by atoms with van der Waals surface area (Å²) in [5.74, 6) is 0.221. The monoisotopic (exact) mass is 292 g/mol. The highest BCUT2D eigenvalue weighted by Crippen LogP contribution is 2.14. The first-order valence-electron chi connectivity index (χ1n) is 7.24. The van der Waals surface area contributed by atoms with Gasteiger partial charge in [-0.15, -0.1) is 0 Å². The number of hydrogen-bond donors (Lipinski definition) is 2. The van der Waals surface area contributed by atoms with Gasteiger partial charge in [0.15, 0.2) is 0 Å². The predicted molar refractivity (Wildman–Crippen MR) is 77.7 cm³/mol. The van der Waals surface area contributed by atoms with Crippen LogP contribution in [0.15, 0.2) is 0 Å². The van der Waals surface area contributed by atoms with Crippen molar-refractivity contribution in [1.82, 2.24) is 10.0 Å². The number of sulfonamides is 1. The normalized spacial score (nSPS) is 24.8. The zero-order valence-electron chi connectivity index (χ0n) is 12.3. The molecule has 0 saturated carbocycles.